The molecule has 0 aliphatic heterocycles. The highest BCUT2D eigenvalue weighted by Gasteiger charge is 2.23. The Kier molecular flexibility index (Phi) is 13.5. The summed E-state index contributed by atoms with van der Waals surface area (Å²) in [7, 11) is 3.15. The Morgan fingerprint density at radius 1 is 0.580 bits per heavy atom. The largest absolute Gasteiger partial charge is 0.494 e. The number of rotatable bonds is 10. The number of aromatic nitrogens is 2. The van der Waals surface area contributed by atoms with E-state index < -0.39 is 0 Å². The zero-order chi connectivity index (χ0) is 35.0. The lowest BCUT2D eigenvalue weighted by Crippen LogP contribution is -2.24. The first-order valence-corrected chi connectivity index (χ1v) is 17.2. The van der Waals surface area contributed by atoms with Crippen molar-refractivity contribution in [3.8, 4) is 11.5 Å². The van der Waals surface area contributed by atoms with Crippen LogP contribution >= 0.6 is 0 Å². The average molecular weight is 677 g/mol. The smallest absolute Gasteiger partial charge is 0.227 e. The van der Waals surface area contributed by atoms with E-state index in [4.69, 9.17) is 9.47 Å². The van der Waals surface area contributed by atoms with Gasteiger partial charge in [-0.1, -0.05) is 50.7 Å². The topological polar surface area (TPSA) is 152 Å². The monoisotopic (exact) mass is 676 g/mol. The first-order valence-electron chi connectivity index (χ1n) is 17.2. The maximum Gasteiger partial charge on any atom is 0.227 e. The van der Waals surface area contributed by atoms with Crippen LogP contribution in [0.4, 0.5) is 34.4 Å². The molecule has 12 nitrogen and oxygen atoms in total. The molecule has 6 rings (SSSR count). The number of carbonyl (C=O) groups excluding carboxylic acids is 2. The van der Waals surface area contributed by atoms with Gasteiger partial charge in [-0.05, 0) is 74.2 Å². The van der Waals surface area contributed by atoms with Crippen LogP contribution in [0.5, 0.6) is 11.5 Å². The number of benzene rings is 2. The summed E-state index contributed by atoms with van der Waals surface area (Å²) < 4.78 is 10.8. The molecule has 2 aliphatic rings. The van der Waals surface area contributed by atoms with Crippen LogP contribution < -0.4 is 20.1 Å². The molecule has 2 N–H and O–H groups in total. The lowest BCUT2D eigenvalue weighted by molar-refractivity contribution is -0.121. The minimum atomic E-state index is 0.0702. The molecule has 0 radical (unpaired) electrons. The Morgan fingerprint density at radius 2 is 1.00 bits per heavy atom. The van der Waals surface area contributed by atoms with Gasteiger partial charge in [-0.15, -0.1) is 20.5 Å². The number of ether oxygens (including phenoxy) is 2. The summed E-state index contributed by atoms with van der Waals surface area (Å²) in [5.74, 6) is 2.56. The van der Waals surface area contributed by atoms with Crippen LogP contribution in [-0.4, -0.2) is 36.0 Å². The first-order chi connectivity index (χ1) is 24.5. The molecule has 2 amide bonds. The van der Waals surface area contributed by atoms with Gasteiger partial charge in [-0.2, -0.15) is 0 Å². The Morgan fingerprint density at radius 3 is 1.36 bits per heavy atom. The molecule has 2 aromatic carbocycles. The van der Waals surface area contributed by atoms with Crippen LogP contribution in [0.2, 0.25) is 0 Å². The number of carbonyl (C=O) groups is 2. The van der Waals surface area contributed by atoms with Crippen LogP contribution in [0.25, 0.3) is 0 Å². The van der Waals surface area contributed by atoms with Gasteiger partial charge in [0.05, 0.1) is 37.0 Å². The normalized spacial score (nSPS) is 15.2. The van der Waals surface area contributed by atoms with Gasteiger partial charge in [-0.25, -0.2) is 9.97 Å². The number of amides is 2. The number of nitrogens with zero attached hydrogens (tertiary/aromatic N) is 6. The van der Waals surface area contributed by atoms with Gasteiger partial charge >= 0.3 is 0 Å². The van der Waals surface area contributed by atoms with E-state index in [9.17, 15) is 9.59 Å². The quantitative estimate of drug-likeness (QED) is 0.159. The molecule has 0 saturated heterocycles. The molecule has 50 heavy (non-hydrogen) atoms. The maximum atomic E-state index is 12.4. The SMILES string of the molecule is COc1cc(N=Nc2ccccn2)ccc1NC(=O)C1CCCCC1.COc1cc(N=Nc2ccccn2)ccc1NC(=O)C1CCCCC1. The number of hydrogen-bond donors (Lipinski definition) is 2. The van der Waals surface area contributed by atoms with E-state index in [0.717, 1.165) is 51.4 Å². The van der Waals surface area contributed by atoms with Crippen LogP contribution in [-0.2, 0) is 9.59 Å². The highest BCUT2D eigenvalue weighted by Crippen LogP contribution is 2.33. The van der Waals surface area contributed by atoms with Gasteiger partial charge in [0.25, 0.3) is 0 Å². The number of pyridine rings is 2. The summed E-state index contributed by atoms with van der Waals surface area (Å²) >= 11 is 0. The highest BCUT2D eigenvalue weighted by molar-refractivity contribution is 5.95. The number of nitrogens with one attached hydrogen (secondary N) is 2. The van der Waals surface area contributed by atoms with Gasteiger partial charge in [0, 0.05) is 36.4 Å². The second-order valence-corrected chi connectivity index (χ2v) is 12.2. The summed E-state index contributed by atoms with van der Waals surface area (Å²) in [6.07, 6.45) is 14.1. The predicted octanol–water partition coefficient (Wildman–Crippen LogP) is 10.0. The molecule has 0 unspecified atom stereocenters. The van der Waals surface area contributed by atoms with Crippen molar-refractivity contribution in [1.82, 2.24) is 9.97 Å². The van der Waals surface area contributed by atoms with E-state index in [1.165, 1.54) is 12.8 Å². The average Bonchev–Trinajstić information content (AvgIpc) is 3.18. The summed E-state index contributed by atoms with van der Waals surface area (Å²) in [4.78, 5) is 33.0. The first kappa shape index (κ1) is 35.8. The lowest BCUT2D eigenvalue weighted by atomic mass is 9.88. The second kappa shape index (κ2) is 18.9. The minimum Gasteiger partial charge on any atom is -0.494 e. The van der Waals surface area contributed by atoms with E-state index in [1.807, 2.05) is 24.3 Å². The fraction of sp³-hybridized carbons (Fsp3) is 0.368. The zero-order valence-corrected chi connectivity index (χ0v) is 28.6. The predicted molar refractivity (Wildman–Crippen MR) is 193 cm³/mol. The molecular weight excluding hydrogens is 632 g/mol. The highest BCUT2D eigenvalue weighted by atomic mass is 16.5. The molecule has 2 aliphatic carbocycles. The Balaban J connectivity index is 0.000000194. The van der Waals surface area contributed by atoms with Crippen molar-refractivity contribution in [1.29, 1.82) is 0 Å². The van der Waals surface area contributed by atoms with Gasteiger partial charge < -0.3 is 20.1 Å². The summed E-state index contributed by atoms with van der Waals surface area (Å²) in [6, 6.07) is 21.6. The minimum absolute atomic E-state index is 0.0702. The van der Waals surface area contributed by atoms with Gasteiger partial charge in [0.15, 0.2) is 11.6 Å². The molecule has 0 atom stereocenters. The fourth-order valence-electron chi connectivity index (χ4n) is 5.93. The molecule has 2 saturated carbocycles. The Bertz CT molecular complexity index is 1610. The summed E-state index contributed by atoms with van der Waals surface area (Å²) in [6.45, 7) is 0. The van der Waals surface area contributed by atoms with Crippen LogP contribution in [0.3, 0.4) is 0 Å². The van der Waals surface area contributed by atoms with E-state index in [-0.39, 0.29) is 23.7 Å². The van der Waals surface area contributed by atoms with Crippen molar-refractivity contribution in [3.05, 3.63) is 85.2 Å². The number of methoxy groups -OCH3 is 2. The Hall–Kier alpha value is -5.52. The summed E-state index contributed by atoms with van der Waals surface area (Å²) in [5.41, 5.74) is 2.60. The molecule has 0 spiro atoms. The number of anilines is 2. The fourth-order valence-corrected chi connectivity index (χ4v) is 5.93. The van der Waals surface area contributed by atoms with E-state index in [1.54, 1.807) is 75.1 Å². The van der Waals surface area contributed by atoms with Gasteiger partial charge in [0.2, 0.25) is 11.8 Å². The molecule has 2 heterocycles. The van der Waals surface area contributed by atoms with Gasteiger partial charge in [0.1, 0.15) is 11.5 Å². The number of azo groups is 2. The molecule has 0 bridgehead atoms. The van der Waals surface area contributed by atoms with E-state index in [0.29, 0.717) is 45.9 Å². The Labute approximate surface area is 292 Å². The van der Waals surface area contributed by atoms with Crippen molar-refractivity contribution >= 4 is 46.2 Å². The van der Waals surface area contributed by atoms with Crippen LogP contribution in [0.1, 0.15) is 64.2 Å². The van der Waals surface area contributed by atoms with Crippen molar-refractivity contribution in [2.45, 2.75) is 64.2 Å². The van der Waals surface area contributed by atoms with Crippen LogP contribution in [0.15, 0.2) is 106 Å². The molecule has 4 aromatic rings. The third-order valence-electron chi connectivity index (χ3n) is 8.67. The lowest BCUT2D eigenvalue weighted by Gasteiger charge is -2.21. The third-order valence-corrected chi connectivity index (χ3v) is 8.67. The maximum absolute atomic E-state index is 12.4. The molecule has 2 fully saturated rings. The molecule has 2 aromatic heterocycles. The standard InChI is InChI=1S/2C19H22N4O2/c2*1-25-17-13-15(22-23-18-9-5-6-12-20-18)10-11-16(17)21-19(24)14-7-3-2-4-8-14/h2*5-6,9-14H,2-4,7-8H2,1H3,(H,21,24). The molecule has 12 heteroatoms. The van der Waals surface area contributed by atoms with E-state index in [2.05, 4.69) is 41.1 Å². The summed E-state index contributed by atoms with van der Waals surface area (Å²) in [5, 5.41) is 22.5. The molecule has 260 valence electrons. The second-order valence-electron chi connectivity index (χ2n) is 12.2. The van der Waals surface area contributed by atoms with Gasteiger partial charge in [-0.3, -0.25) is 9.59 Å². The zero-order valence-electron chi connectivity index (χ0n) is 28.6. The van der Waals surface area contributed by atoms with Crippen molar-refractivity contribution in [2.75, 3.05) is 24.9 Å². The number of hydrogen-bond acceptors (Lipinski definition) is 10. The van der Waals surface area contributed by atoms with Crippen molar-refractivity contribution < 1.29 is 19.1 Å². The molecular formula is C38H44N8O4. The van der Waals surface area contributed by atoms with Crippen molar-refractivity contribution in [2.24, 2.45) is 32.3 Å². The van der Waals surface area contributed by atoms with E-state index >= 15 is 0 Å². The third kappa shape index (κ3) is 10.7. The van der Waals surface area contributed by atoms with Crippen LogP contribution in [0, 0.1) is 11.8 Å². The van der Waals surface area contributed by atoms with Crippen molar-refractivity contribution in [3.63, 3.8) is 0 Å².